The molecule has 12 atom stereocenters. The van der Waals surface area contributed by atoms with Crippen LogP contribution < -0.4 is 0 Å². The molecule has 0 aliphatic heterocycles. The van der Waals surface area contributed by atoms with Crippen LogP contribution in [0.5, 0.6) is 0 Å². The Bertz CT molecular complexity index is 593. The lowest BCUT2D eigenvalue weighted by Gasteiger charge is -2.51. The second kappa shape index (κ2) is 2.76. The van der Waals surface area contributed by atoms with E-state index in [0.717, 1.165) is 0 Å². The van der Waals surface area contributed by atoms with E-state index in [1.54, 1.807) is 0 Å². The third kappa shape index (κ3) is 0.662. The van der Waals surface area contributed by atoms with Crippen molar-refractivity contribution in [3.05, 3.63) is 0 Å². The van der Waals surface area contributed by atoms with E-state index in [2.05, 4.69) is 0 Å². The Balaban J connectivity index is 1.58. The van der Waals surface area contributed by atoms with Gasteiger partial charge in [-0.1, -0.05) is 0 Å². The van der Waals surface area contributed by atoms with Gasteiger partial charge in [0.15, 0.2) is 0 Å². The average molecular weight is 300 g/mol. The molecule has 8 fully saturated rings. The predicted octanol–water partition coefficient (Wildman–Crippen LogP) is 1.34. The van der Waals surface area contributed by atoms with Crippen LogP contribution in [-0.2, 0) is 19.1 Å². The number of ether oxygens (including phenoxy) is 2. The van der Waals surface area contributed by atoms with Crippen LogP contribution in [0.15, 0.2) is 0 Å². The van der Waals surface area contributed by atoms with Gasteiger partial charge in [0.1, 0.15) is 0 Å². The van der Waals surface area contributed by atoms with Crippen molar-refractivity contribution in [1.29, 1.82) is 0 Å². The fourth-order valence-corrected chi connectivity index (χ4v) is 10.0. The zero-order valence-corrected chi connectivity index (χ0v) is 12.8. The maximum atomic E-state index is 13.1. The van der Waals surface area contributed by atoms with Crippen LogP contribution in [0.4, 0.5) is 0 Å². The second-order valence-corrected chi connectivity index (χ2v) is 9.11. The first-order chi connectivity index (χ1) is 10.7. The predicted molar refractivity (Wildman–Crippen MR) is 73.0 cm³/mol. The minimum atomic E-state index is -0.505. The number of esters is 2. The summed E-state index contributed by atoms with van der Waals surface area (Å²) in [5.41, 5.74) is -1.01. The minimum absolute atomic E-state index is 0.0684. The maximum absolute atomic E-state index is 13.1. The summed E-state index contributed by atoms with van der Waals surface area (Å²) in [4.78, 5) is 26.3. The molecular weight excluding hydrogens is 280 g/mol. The SMILES string of the molecule is COC(=O)C12[C@@H]3C4C5[C@@H]1[C@H]1C[C@@H]1[C@H]5C2(C(=O)OC)[C@H]4[C@H]1C[C@H]13. The summed E-state index contributed by atoms with van der Waals surface area (Å²) in [6, 6.07) is 0. The molecule has 0 radical (unpaired) electrons. The summed E-state index contributed by atoms with van der Waals surface area (Å²) in [7, 11) is 3.03. The van der Waals surface area contributed by atoms with Crippen LogP contribution in [0.1, 0.15) is 12.8 Å². The van der Waals surface area contributed by atoms with Crippen LogP contribution in [-0.4, -0.2) is 26.2 Å². The number of hydrogen-bond acceptors (Lipinski definition) is 4. The zero-order valence-electron chi connectivity index (χ0n) is 12.8. The quantitative estimate of drug-likeness (QED) is 0.722. The topological polar surface area (TPSA) is 52.6 Å². The first kappa shape index (κ1) is 11.5. The van der Waals surface area contributed by atoms with Gasteiger partial charge in [-0.2, -0.15) is 0 Å². The number of rotatable bonds is 2. The first-order valence-corrected chi connectivity index (χ1v) is 8.84. The van der Waals surface area contributed by atoms with Crippen molar-refractivity contribution in [1.82, 2.24) is 0 Å². The van der Waals surface area contributed by atoms with E-state index < -0.39 is 10.8 Å². The van der Waals surface area contributed by atoms with Gasteiger partial charge in [0.2, 0.25) is 0 Å². The number of hydrogen-bond donors (Lipinski definition) is 0. The number of carbonyl (C=O) groups is 2. The summed E-state index contributed by atoms with van der Waals surface area (Å²) in [5, 5.41) is 0. The molecule has 0 N–H and O–H groups in total. The van der Waals surface area contributed by atoms with Gasteiger partial charge in [0, 0.05) is 0 Å². The highest BCUT2D eigenvalue weighted by Gasteiger charge is 3.03. The van der Waals surface area contributed by atoms with Gasteiger partial charge >= 0.3 is 11.9 Å². The Morgan fingerprint density at radius 2 is 1.05 bits per heavy atom. The van der Waals surface area contributed by atoms with E-state index >= 15 is 0 Å². The maximum Gasteiger partial charge on any atom is 0.313 e. The van der Waals surface area contributed by atoms with E-state index in [9.17, 15) is 9.59 Å². The summed E-state index contributed by atoms with van der Waals surface area (Å²) in [6.45, 7) is 0. The smallest absolute Gasteiger partial charge is 0.313 e. The van der Waals surface area contributed by atoms with Crippen LogP contribution in [0.3, 0.4) is 0 Å². The van der Waals surface area contributed by atoms with Gasteiger partial charge in [-0.15, -0.1) is 0 Å². The molecule has 8 bridgehead atoms. The molecule has 4 heteroatoms. The van der Waals surface area contributed by atoms with Crippen molar-refractivity contribution in [2.75, 3.05) is 14.2 Å². The summed E-state index contributed by atoms with van der Waals surface area (Å²) >= 11 is 0. The zero-order chi connectivity index (χ0) is 14.8. The van der Waals surface area contributed by atoms with Gasteiger partial charge in [-0.3, -0.25) is 9.59 Å². The molecule has 8 saturated carbocycles. The Hall–Kier alpha value is -1.06. The third-order valence-electron chi connectivity index (χ3n) is 9.56. The Morgan fingerprint density at radius 3 is 1.32 bits per heavy atom. The molecule has 8 aliphatic rings. The molecule has 116 valence electrons. The average Bonchev–Trinajstić information content (AvgIpc) is 3.32. The van der Waals surface area contributed by atoms with Gasteiger partial charge in [-0.05, 0) is 72.0 Å². The van der Waals surface area contributed by atoms with Crippen molar-refractivity contribution in [3.8, 4) is 0 Å². The summed E-state index contributed by atoms with van der Waals surface area (Å²) in [6.07, 6.45) is 2.48. The number of fused-ring (bicyclic) bond motifs is 2. The van der Waals surface area contributed by atoms with Crippen LogP contribution in [0, 0.1) is 70.0 Å². The van der Waals surface area contributed by atoms with Crippen LogP contribution in [0.25, 0.3) is 0 Å². The molecular formula is C18H20O4. The lowest BCUT2D eigenvalue weighted by molar-refractivity contribution is -0.195. The Morgan fingerprint density at radius 1 is 0.727 bits per heavy atom. The normalized spacial score (nSPS) is 71.5. The van der Waals surface area contributed by atoms with Crippen molar-refractivity contribution >= 4 is 11.9 Å². The van der Waals surface area contributed by atoms with Crippen molar-refractivity contribution in [2.45, 2.75) is 12.8 Å². The number of carbonyl (C=O) groups excluding carboxylic acids is 2. The molecule has 8 rings (SSSR count). The highest BCUT2D eigenvalue weighted by molar-refractivity contribution is 5.95. The highest BCUT2D eigenvalue weighted by Crippen LogP contribution is 3.01. The fraction of sp³-hybridized carbons (Fsp3) is 0.889. The van der Waals surface area contributed by atoms with E-state index in [1.807, 2.05) is 0 Å². The fourth-order valence-electron chi connectivity index (χ4n) is 10.0. The molecule has 0 spiro atoms. The van der Waals surface area contributed by atoms with Gasteiger partial charge in [-0.25, -0.2) is 0 Å². The number of methoxy groups -OCH3 is 2. The molecule has 0 aromatic rings. The molecule has 0 heterocycles. The minimum Gasteiger partial charge on any atom is -0.469 e. The lowest BCUT2D eigenvalue weighted by Crippen LogP contribution is -2.61. The van der Waals surface area contributed by atoms with E-state index in [0.29, 0.717) is 59.2 Å². The molecule has 0 aromatic carbocycles. The largest absolute Gasteiger partial charge is 0.469 e. The standard InChI is InChI=1S/C18H20O4/c1-21-15(19)17-11-5-3-7(5)13-9(11)10-12(17)6-4-8(6)14(10)18(13,17)16(20)22-2/h5-14H,3-4H2,1-2H3/t5-,6-,7-,8+,9?,10?,11+,12-,13-,14-,17?,18?/m0/s1. The van der Waals surface area contributed by atoms with Crippen molar-refractivity contribution < 1.29 is 19.1 Å². The molecule has 0 amide bonds. The van der Waals surface area contributed by atoms with Gasteiger partial charge in [0.05, 0.1) is 25.0 Å². The Labute approximate surface area is 128 Å². The molecule has 22 heavy (non-hydrogen) atoms. The lowest BCUT2D eigenvalue weighted by atomic mass is 9.50. The van der Waals surface area contributed by atoms with Crippen molar-refractivity contribution in [3.63, 3.8) is 0 Å². The highest BCUT2D eigenvalue weighted by atomic mass is 16.5. The van der Waals surface area contributed by atoms with E-state index in [4.69, 9.17) is 9.47 Å². The Kier molecular flexibility index (Phi) is 1.44. The van der Waals surface area contributed by atoms with Gasteiger partial charge in [0.25, 0.3) is 0 Å². The molecule has 0 saturated heterocycles. The van der Waals surface area contributed by atoms with E-state index in [1.165, 1.54) is 27.1 Å². The first-order valence-electron chi connectivity index (χ1n) is 8.84. The molecule has 4 unspecified atom stereocenters. The monoisotopic (exact) mass is 300 g/mol. The molecule has 0 aromatic heterocycles. The van der Waals surface area contributed by atoms with Crippen LogP contribution >= 0.6 is 0 Å². The third-order valence-corrected chi connectivity index (χ3v) is 9.56. The molecule has 8 aliphatic carbocycles. The summed E-state index contributed by atoms with van der Waals surface area (Å²) in [5.74, 6) is 5.67. The van der Waals surface area contributed by atoms with Gasteiger partial charge < -0.3 is 9.47 Å². The summed E-state index contributed by atoms with van der Waals surface area (Å²) < 4.78 is 10.7. The molecule has 4 nitrogen and oxygen atoms in total. The van der Waals surface area contributed by atoms with E-state index in [-0.39, 0.29) is 11.9 Å². The van der Waals surface area contributed by atoms with Crippen molar-refractivity contribution in [2.24, 2.45) is 70.0 Å². The second-order valence-electron chi connectivity index (χ2n) is 9.11. The van der Waals surface area contributed by atoms with Crippen LogP contribution in [0.2, 0.25) is 0 Å².